The van der Waals surface area contributed by atoms with Crippen molar-refractivity contribution < 1.29 is 18.7 Å². The second-order valence-electron chi connectivity index (χ2n) is 5.49. The lowest BCUT2D eigenvalue weighted by molar-refractivity contribution is 0.190. The van der Waals surface area contributed by atoms with Gasteiger partial charge in [-0.1, -0.05) is 23.7 Å². The van der Waals surface area contributed by atoms with Gasteiger partial charge < -0.3 is 10.4 Å². The lowest BCUT2D eigenvalue weighted by Gasteiger charge is -2.19. The number of para-hydroxylation sites is 1. The molecule has 3 rings (SSSR count). The molecule has 0 bridgehead atoms. The molecular formula is C17H12ClF2N3O3. The molecule has 2 N–H and O–H groups in total. The maximum Gasteiger partial charge on any atom is 0.405 e. The van der Waals surface area contributed by atoms with Gasteiger partial charge in [0.2, 0.25) is 0 Å². The first-order valence-corrected chi connectivity index (χ1v) is 7.84. The second-order valence-corrected chi connectivity index (χ2v) is 5.89. The van der Waals surface area contributed by atoms with Crippen LogP contribution in [0, 0.1) is 11.6 Å². The van der Waals surface area contributed by atoms with Gasteiger partial charge in [0, 0.05) is 0 Å². The average Bonchev–Trinajstić information content (AvgIpc) is 2.55. The van der Waals surface area contributed by atoms with Crippen LogP contribution in [-0.4, -0.2) is 20.8 Å². The highest BCUT2D eigenvalue weighted by Crippen LogP contribution is 2.25. The van der Waals surface area contributed by atoms with Crippen LogP contribution in [0.25, 0.3) is 16.6 Å². The SMILES string of the molecule is CC(NC(=O)O)c1nc2cccc(Cl)c2c(=O)n1-c1c(F)cccc1F. The summed E-state index contributed by atoms with van der Waals surface area (Å²) in [5.74, 6) is -2.16. The molecule has 0 saturated heterocycles. The molecule has 1 heterocycles. The summed E-state index contributed by atoms with van der Waals surface area (Å²) < 4.78 is 29.4. The summed E-state index contributed by atoms with van der Waals surface area (Å²) in [6, 6.07) is 6.61. The predicted octanol–water partition coefficient (Wildman–Crippen LogP) is 3.65. The van der Waals surface area contributed by atoms with E-state index in [-0.39, 0.29) is 21.7 Å². The molecule has 0 aliphatic heterocycles. The van der Waals surface area contributed by atoms with Gasteiger partial charge in [-0.15, -0.1) is 0 Å². The number of fused-ring (bicyclic) bond motifs is 1. The molecule has 0 spiro atoms. The highest BCUT2D eigenvalue weighted by Gasteiger charge is 2.24. The van der Waals surface area contributed by atoms with Crippen molar-refractivity contribution in [3.63, 3.8) is 0 Å². The number of benzene rings is 2. The molecule has 0 aliphatic rings. The second kappa shape index (κ2) is 6.72. The minimum Gasteiger partial charge on any atom is -0.465 e. The van der Waals surface area contributed by atoms with Crippen LogP contribution in [0.5, 0.6) is 0 Å². The molecular weight excluding hydrogens is 368 g/mol. The fourth-order valence-electron chi connectivity index (χ4n) is 2.67. The summed E-state index contributed by atoms with van der Waals surface area (Å²) >= 11 is 6.07. The first-order chi connectivity index (χ1) is 12.3. The summed E-state index contributed by atoms with van der Waals surface area (Å²) in [4.78, 5) is 28.2. The summed E-state index contributed by atoms with van der Waals surface area (Å²) in [6.07, 6.45) is -1.38. The molecule has 1 atom stereocenters. The molecule has 6 nitrogen and oxygen atoms in total. The number of aromatic nitrogens is 2. The molecule has 9 heteroatoms. The summed E-state index contributed by atoms with van der Waals surface area (Å²) in [5, 5.41) is 11.1. The number of hydrogen-bond acceptors (Lipinski definition) is 3. The van der Waals surface area contributed by atoms with E-state index in [0.717, 1.165) is 18.2 Å². The Kier molecular flexibility index (Phi) is 4.60. The van der Waals surface area contributed by atoms with Crippen molar-refractivity contribution in [1.82, 2.24) is 14.9 Å². The van der Waals surface area contributed by atoms with E-state index in [1.165, 1.54) is 19.1 Å². The van der Waals surface area contributed by atoms with E-state index in [1.54, 1.807) is 6.07 Å². The summed E-state index contributed by atoms with van der Waals surface area (Å²) in [6.45, 7) is 1.40. The van der Waals surface area contributed by atoms with Crippen molar-refractivity contribution in [3.05, 3.63) is 69.2 Å². The maximum atomic E-state index is 14.3. The van der Waals surface area contributed by atoms with Gasteiger partial charge >= 0.3 is 6.09 Å². The Morgan fingerprint density at radius 1 is 1.23 bits per heavy atom. The highest BCUT2D eigenvalue weighted by atomic mass is 35.5. The van der Waals surface area contributed by atoms with Crippen LogP contribution < -0.4 is 10.9 Å². The molecule has 0 saturated carbocycles. The Labute approximate surface area is 150 Å². The number of amides is 1. The molecule has 0 aliphatic carbocycles. The van der Waals surface area contributed by atoms with Crippen LogP contribution in [0.2, 0.25) is 5.02 Å². The number of nitrogens with one attached hydrogen (secondary N) is 1. The smallest absolute Gasteiger partial charge is 0.405 e. The van der Waals surface area contributed by atoms with Crippen LogP contribution in [0.15, 0.2) is 41.2 Å². The number of hydrogen-bond donors (Lipinski definition) is 2. The Morgan fingerprint density at radius 2 is 1.85 bits per heavy atom. The van der Waals surface area contributed by atoms with Crippen molar-refractivity contribution in [2.45, 2.75) is 13.0 Å². The molecule has 26 heavy (non-hydrogen) atoms. The number of nitrogens with zero attached hydrogens (tertiary/aromatic N) is 2. The Hall–Kier alpha value is -3.00. The van der Waals surface area contributed by atoms with Gasteiger partial charge in [0.1, 0.15) is 23.1 Å². The molecule has 1 amide bonds. The Morgan fingerprint density at radius 3 is 2.46 bits per heavy atom. The van der Waals surface area contributed by atoms with E-state index < -0.39 is 35.0 Å². The largest absolute Gasteiger partial charge is 0.465 e. The van der Waals surface area contributed by atoms with Crippen LogP contribution in [-0.2, 0) is 0 Å². The van der Waals surface area contributed by atoms with Crippen molar-refractivity contribution in [2.24, 2.45) is 0 Å². The molecule has 134 valence electrons. The number of halogens is 3. The van der Waals surface area contributed by atoms with Gasteiger partial charge in [-0.2, -0.15) is 0 Å². The fourth-order valence-corrected chi connectivity index (χ4v) is 2.92. The molecule has 0 fully saturated rings. The van der Waals surface area contributed by atoms with E-state index in [9.17, 15) is 18.4 Å². The zero-order chi connectivity index (χ0) is 19.0. The van der Waals surface area contributed by atoms with E-state index in [2.05, 4.69) is 10.3 Å². The van der Waals surface area contributed by atoms with Crippen LogP contribution in [0.3, 0.4) is 0 Å². The number of carboxylic acid groups (broad SMARTS) is 1. The molecule has 1 aromatic heterocycles. The predicted molar refractivity (Wildman–Crippen MR) is 91.8 cm³/mol. The van der Waals surface area contributed by atoms with E-state index in [4.69, 9.17) is 16.7 Å². The van der Waals surface area contributed by atoms with Crippen LogP contribution in [0.1, 0.15) is 18.8 Å². The van der Waals surface area contributed by atoms with E-state index in [0.29, 0.717) is 4.57 Å². The number of carbonyl (C=O) groups is 1. The lowest BCUT2D eigenvalue weighted by Crippen LogP contribution is -2.33. The molecule has 3 aromatic rings. The summed E-state index contributed by atoms with van der Waals surface area (Å²) in [5.41, 5.74) is -1.27. The first-order valence-electron chi connectivity index (χ1n) is 7.46. The van der Waals surface area contributed by atoms with Crippen LogP contribution in [0.4, 0.5) is 13.6 Å². The monoisotopic (exact) mass is 379 g/mol. The average molecular weight is 380 g/mol. The van der Waals surface area contributed by atoms with Gasteiger partial charge in [0.25, 0.3) is 5.56 Å². The Bertz CT molecular complexity index is 1060. The van der Waals surface area contributed by atoms with Crippen molar-refractivity contribution in [2.75, 3.05) is 0 Å². The van der Waals surface area contributed by atoms with E-state index >= 15 is 0 Å². The zero-order valence-electron chi connectivity index (χ0n) is 13.3. The normalized spacial score (nSPS) is 12.2. The zero-order valence-corrected chi connectivity index (χ0v) is 14.1. The highest BCUT2D eigenvalue weighted by molar-refractivity contribution is 6.35. The number of rotatable bonds is 3. The third-order valence-electron chi connectivity index (χ3n) is 3.76. The summed E-state index contributed by atoms with van der Waals surface area (Å²) in [7, 11) is 0. The van der Waals surface area contributed by atoms with Gasteiger partial charge in [-0.05, 0) is 31.2 Å². The minimum atomic E-state index is -1.38. The first kappa shape index (κ1) is 17.8. The van der Waals surface area contributed by atoms with Crippen LogP contribution >= 0.6 is 11.6 Å². The fraction of sp³-hybridized carbons (Fsp3) is 0.118. The van der Waals surface area contributed by atoms with Crippen molar-refractivity contribution in [1.29, 1.82) is 0 Å². The van der Waals surface area contributed by atoms with Gasteiger partial charge in [0.05, 0.1) is 22.0 Å². The Balaban J connectivity index is 2.45. The molecule has 1 unspecified atom stereocenters. The van der Waals surface area contributed by atoms with Crippen molar-refractivity contribution in [3.8, 4) is 5.69 Å². The lowest BCUT2D eigenvalue weighted by atomic mass is 10.2. The van der Waals surface area contributed by atoms with E-state index in [1.807, 2.05) is 0 Å². The molecule has 0 radical (unpaired) electrons. The third-order valence-corrected chi connectivity index (χ3v) is 4.08. The molecule has 2 aromatic carbocycles. The van der Waals surface area contributed by atoms with Gasteiger partial charge in [-0.25, -0.2) is 18.6 Å². The minimum absolute atomic E-state index is 0.0249. The third kappa shape index (κ3) is 2.99. The van der Waals surface area contributed by atoms with Gasteiger partial charge in [0.15, 0.2) is 0 Å². The quantitative estimate of drug-likeness (QED) is 0.727. The van der Waals surface area contributed by atoms with Gasteiger partial charge in [-0.3, -0.25) is 9.36 Å². The van der Waals surface area contributed by atoms with Crippen molar-refractivity contribution >= 4 is 28.6 Å². The maximum absolute atomic E-state index is 14.3. The topological polar surface area (TPSA) is 84.2 Å². The standard InChI is InChI=1S/C17H12ClF2N3O3/c1-8(21-17(25)26)15-22-12-7-2-4-9(18)13(12)16(24)23(15)14-10(19)5-3-6-11(14)20/h2-8,21H,1H3,(H,25,26).